The van der Waals surface area contributed by atoms with Gasteiger partial charge in [0.15, 0.2) is 0 Å². The van der Waals surface area contributed by atoms with Gasteiger partial charge in [-0.3, -0.25) is 9.59 Å². The second-order valence-corrected chi connectivity index (χ2v) is 25.6. The molecule has 0 aliphatic rings. The van der Waals surface area contributed by atoms with E-state index in [9.17, 15) is 19.8 Å². The molecule has 2 atom stereocenters. The molecular formula is C74H145NO5. The minimum Gasteiger partial charge on any atom is -0.466 e. The van der Waals surface area contributed by atoms with E-state index >= 15 is 0 Å². The molecule has 80 heavy (non-hydrogen) atoms. The molecule has 0 aromatic carbocycles. The highest BCUT2D eigenvalue weighted by Crippen LogP contribution is 2.19. The largest absolute Gasteiger partial charge is 0.466 e. The van der Waals surface area contributed by atoms with Gasteiger partial charge in [-0.05, 0) is 51.4 Å². The topological polar surface area (TPSA) is 95.9 Å². The quantitative estimate of drug-likeness (QED) is 0.0320. The molecule has 0 radical (unpaired) electrons. The van der Waals surface area contributed by atoms with Gasteiger partial charge >= 0.3 is 5.97 Å². The molecule has 0 spiro atoms. The van der Waals surface area contributed by atoms with Crippen molar-refractivity contribution in [1.29, 1.82) is 0 Å². The summed E-state index contributed by atoms with van der Waals surface area (Å²) >= 11 is 0. The normalized spacial score (nSPS) is 12.5. The maximum absolute atomic E-state index is 12.5. The average molecular weight is 1130 g/mol. The van der Waals surface area contributed by atoms with Crippen LogP contribution < -0.4 is 5.32 Å². The summed E-state index contributed by atoms with van der Waals surface area (Å²) < 4.78 is 5.51. The minimum absolute atomic E-state index is 0.0196. The fourth-order valence-electron chi connectivity index (χ4n) is 11.9. The van der Waals surface area contributed by atoms with Crippen molar-refractivity contribution in [2.45, 2.75) is 437 Å². The van der Waals surface area contributed by atoms with E-state index in [-0.39, 0.29) is 18.5 Å². The number of hydrogen-bond acceptors (Lipinski definition) is 5. The summed E-state index contributed by atoms with van der Waals surface area (Å²) in [6.45, 7) is 5.00. The SMILES string of the molecule is CCCCCCCCCCCCCCCCCCCCCC(=O)OCCCCCCCCCCCCCC/C=C\CCCCCCCCCCCC(=O)NC(CO)C(O)CCCCCCCCCCCCCCCCCCCCC. The summed E-state index contributed by atoms with van der Waals surface area (Å²) in [5.74, 6) is -0.0138. The van der Waals surface area contributed by atoms with Gasteiger partial charge in [0.1, 0.15) is 0 Å². The number of rotatable bonds is 70. The number of allylic oxidation sites excluding steroid dienone is 2. The smallest absolute Gasteiger partial charge is 0.305 e. The van der Waals surface area contributed by atoms with Crippen LogP contribution in [0.15, 0.2) is 12.2 Å². The Bertz CT molecular complexity index is 1210. The molecule has 0 aliphatic carbocycles. The van der Waals surface area contributed by atoms with Gasteiger partial charge in [0, 0.05) is 12.8 Å². The van der Waals surface area contributed by atoms with Crippen molar-refractivity contribution >= 4 is 11.9 Å². The van der Waals surface area contributed by atoms with E-state index in [0.717, 1.165) is 38.5 Å². The third-order valence-corrected chi connectivity index (χ3v) is 17.6. The molecule has 0 heterocycles. The van der Waals surface area contributed by atoms with Crippen LogP contribution in [0.5, 0.6) is 0 Å². The Morgan fingerprint density at radius 3 is 0.887 bits per heavy atom. The van der Waals surface area contributed by atoms with Gasteiger partial charge in [0.25, 0.3) is 0 Å². The number of unbranched alkanes of at least 4 members (excludes halogenated alkanes) is 57. The Balaban J connectivity index is 3.37. The van der Waals surface area contributed by atoms with Gasteiger partial charge in [-0.25, -0.2) is 0 Å². The Kier molecular flexibility index (Phi) is 68.9. The van der Waals surface area contributed by atoms with Crippen molar-refractivity contribution in [3.63, 3.8) is 0 Å². The summed E-state index contributed by atoms with van der Waals surface area (Å²) in [6, 6.07) is -0.544. The van der Waals surface area contributed by atoms with E-state index in [1.54, 1.807) is 0 Å². The van der Waals surface area contributed by atoms with Gasteiger partial charge < -0.3 is 20.3 Å². The summed E-state index contributed by atoms with van der Waals surface area (Å²) in [6.07, 6.45) is 87.0. The summed E-state index contributed by atoms with van der Waals surface area (Å²) in [5, 5.41) is 23.4. The number of aliphatic hydroxyl groups is 2. The highest BCUT2D eigenvalue weighted by atomic mass is 16.5. The molecule has 6 heteroatoms. The standard InChI is InChI=1S/C74H145NO5/c1-3-5-7-9-11-13-15-17-19-21-30-34-38-42-46-50-54-58-62-66-72(77)71(70-76)75-73(78)67-63-59-55-51-47-43-39-35-32-28-26-24-23-25-27-29-33-37-41-45-49-53-57-61-65-69-80-74(79)68-64-60-56-52-48-44-40-36-31-22-20-18-16-14-12-10-8-6-4-2/h24,26,71-72,76-77H,3-23,25,27-70H2,1-2H3,(H,75,78)/b26-24-. The van der Waals surface area contributed by atoms with E-state index in [0.29, 0.717) is 25.9 Å². The van der Waals surface area contributed by atoms with Crippen LogP contribution >= 0.6 is 0 Å². The van der Waals surface area contributed by atoms with E-state index in [2.05, 4.69) is 31.3 Å². The summed E-state index contributed by atoms with van der Waals surface area (Å²) in [7, 11) is 0. The molecular weight excluding hydrogens is 983 g/mol. The number of ether oxygens (including phenoxy) is 1. The summed E-state index contributed by atoms with van der Waals surface area (Å²) in [4.78, 5) is 24.7. The van der Waals surface area contributed by atoms with Gasteiger partial charge in [-0.2, -0.15) is 0 Å². The van der Waals surface area contributed by atoms with Crippen molar-refractivity contribution in [1.82, 2.24) is 5.32 Å². The van der Waals surface area contributed by atoms with Crippen molar-refractivity contribution in [2.24, 2.45) is 0 Å². The molecule has 0 aromatic rings. The lowest BCUT2D eigenvalue weighted by atomic mass is 10.0. The molecule has 0 fully saturated rings. The van der Waals surface area contributed by atoms with Gasteiger partial charge in [-0.1, -0.05) is 373 Å². The number of hydrogen-bond donors (Lipinski definition) is 3. The van der Waals surface area contributed by atoms with Crippen molar-refractivity contribution in [2.75, 3.05) is 13.2 Å². The van der Waals surface area contributed by atoms with Crippen molar-refractivity contribution < 1.29 is 24.5 Å². The maximum Gasteiger partial charge on any atom is 0.305 e. The molecule has 0 aromatic heterocycles. The fraction of sp³-hybridized carbons (Fsp3) is 0.946. The Labute approximate surface area is 501 Å². The van der Waals surface area contributed by atoms with E-state index in [4.69, 9.17) is 4.74 Å². The van der Waals surface area contributed by atoms with Gasteiger partial charge in [0.2, 0.25) is 5.91 Å². The highest BCUT2D eigenvalue weighted by molar-refractivity contribution is 5.76. The molecule has 1 amide bonds. The maximum atomic E-state index is 12.5. The number of amides is 1. The monoisotopic (exact) mass is 1130 g/mol. The molecule has 2 unspecified atom stereocenters. The number of nitrogens with one attached hydrogen (secondary N) is 1. The number of carbonyl (C=O) groups is 2. The van der Waals surface area contributed by atoms with E-state index in [1.165, 1.54) is 353 Å². The Hall–Kier alpha value is -1.40. The van der Waals surface area contributed by atoms with Crippen LogP contribution in [0.2, 0.25) is 0 Å². The molecule has 476 valence electrons. The first-order valence-corrected chi connectivity index (χ1v) is 36.9. The molecule has 0 aliphatic heterocycles. The number of aliphatic hydroxyl groups excluding tert-OH is 2. The Morgan fingerprint density at radius 2 is 0.588 bits per heavy atom. The number of esters is 1. The predicted octanol–water partition coefficient (Wildman–Crippen LogP) is 23.9. The minimum atomic E-state index is -0.666. The zero-order valence-corrected chi connectivity index (χ0v) is 54.6. The zero-order chi connectivity index (χ0) is 57.8. The third-order valence-electron chi connectivity index (χ3n) is 17.6. The van der Waals surface area contributed by atoms with Crippen LogP contribution in [0.4, 0.5) is 0 Å². The predicted molar refractivity (Wildman–Crippen MR) is 352 cm³/mol. The zero-order valence-electron chi connectivity index (χ0n) is 54.6. The Morgan fingerprint density at radius 1 is 0.338 bits per heavy atom. The lowest BCUT2D eigenvalue weighted by Gasteiger charge is -2.22. The first-order chi connectivity index (χ1) is 39.5. The lowest BCUT2D eigenvalue weighted by Crippen LogP contribution is -2.45. The van der Waals surface area contributed by atoms with Crippen LogP contribution in [0.25, 0.3) is 0 Å². The fourth-order valence-corrected chi connectivity index (χ4v) is 11.9. The van der Waals surface area contributed by atoms with Gasteiger partial charge in [-0.15, -0.1) is 0 Å². The van der Waals surface area contributed by atoms with E-state index in [1.807, 2.05) is 0 Å². The van der Waals surface area contributed by atoms with Crippen LogP contribution in [-0.2, 0) is 14.3 Å². The van der Waals surface area contributed by atoms with Crippen molar-refractivity contribution in [3.05, 3.63) is 12.2 Å². The number of carbonyl (C=O) groups excluding carboxylic acids is 2. The second kappa shape index (κ2) is 70.1. The molecule has 3 N–H and O–H groups in total. The first kappa shape index (κ1) is 78.6. The van der Waals surface area contributed by atoms with Gasteiger partial charge in [0.05, 0.1) is 25.4 Å². The molecule has 6 nitrogen and oxygen atoms in total. The molecule has 0 saturated heterocycles. The summed E-state index contributed by atoms with van der Waals surface area (Å²) in [5.41, 5.74) is 0. The highest BCUT2D eigenvalue weighted by Gasteiger charge is 2.20. The molecule has 0 saturated carbocycles. The molecule has 0 rings (SSSR count). The lowest BCUT2D eigenvalue weighted by molar-refractivity contribution is -0.143. The average Bonchev–Trinajstić information content (AvgIpc) is 3.46. The third kappa shape index (κ3) is 65.7. The van der Waals surface area contributed by atoms with Crippen LogP contribution in [-0.4, -0.2) is 47.4 Å². The van der Waals surface area contributed by atoms with Crippen LogP contribution in [0, 0.1) is 0 Å². The van der Waals surface area contributed by atoms with Crippen LogP contribution in [0.3, 0.4) is 0 Å². The second-order valence-electron chi connectivity index (χ2n) is 25.6. The first-order valence-electron chi connectivity index (χ1n) is 36.9. The molecule has 0 bridgehead atoms. The van der Waals surface area contributed by atoms with Crippen molar-refractivity contribution in [3.8, 4) is 0 Å². The van der Waals surface area contributed by atoms with E-state index < -0.39 is 12.1 Å². The van der Waals surface area contributed by atoms with Crippen LogP contribution in [0.1, 0.15) is 425 Å².